The highest BCUT2D eigenvalue weighted by Gasteiger charge is 2.12. The summed E-state index contributed by atoms with van der Waals surface area (Å²) in [6.07, 6.45) is 1.72. The van der Waals surface area contributed by atoms with E-state index in [-0.39, 0.29) is 0 Å². The maximum Gasteiger partial charge on any atom is 0.156 e. The van der Waals surface area contributed by atoms with E-state index in [9.17, 15) is 5.26 Å². The Hall–Kier alpha value is -2.32. The lowest BCUT2D eigenvalue weighted by atomic mass is 10.1. The number of hydrogen-bond donors (Lipinski definition) is 0. The van der Waals surface area contributed by atoms with E-state index in [1.807, 2.05) is 42.6 Å². The van der Waals surface area contributed by atoms with Gasteiger partial charge in [0, 0.05) is 10.9 Å². The van der Waals surface area contributed by atoms with Crippen LogP contribution in [0.1, 0.15) is 17.5 Å². The van der Waals surface area contributed by atoms with Gasteiger partial charge in [0.25, 0.3) is 0 Å². The summed E-state index contributed by atoms with van der Waals surface area (Å²) in [4.78, 5) is 4.58. The van der Waals surface area contributed by atoms with Crippen molar-refractivity contribution in [1.82, 2.24) is 4.98 Å². The number of allylic oxidation sites excluding steroid dienone is 1. The van der Waals surface area contributed by atoms with Crippen LogP contribution >= 0.6 is 34.5 Å². The first-order valence-electron chi connectivity index (χ1n) is 7.87. The highest BCUT2D eigenvalue weighted by molar-refractivity contribution is 7.11. The van der Waals surface area contributed by atoms with Gasteiger partial charge in [0.1, 0.15) is 11.1 Å². The normalized spacial score (nSPS) is 11.2. The summed E-state index contributed by atoms with van der Waals surface area (Å²) in [6, 6.07) is 15.5. The molecule has 0 aliphatic heterocycles. The van der Waals surface area contributed by atoms with Crippen molar-refractivity contribution in [2.45, 2.75) is 6.92 Å². The first kappa shape index (κ1) is 18.5. The van der Waals surface area contributed by atoms with Crippen LogP contribution in [0.4, 0.5) is 0 Å². The maximum atomic E-state index is 9.56. The van der Waals surface area contributed by atoms with Gasteiger partial charge in [0.05, 0.1) is 27.9 Å². The first-order valence-corrected chi connectivity index (χ1v) is 9.51. The van der Waals surface area contributed by atoms with Crippen molar-refractivity contribution in [3.8, 4) is 23.1 Å². The molecule has 3 rings (SSSR count). The van der Waals surface area contributed by atoms with E-state index in [1.165, 1.54) is 11.3 Å². The number of aromatic nitrogens is 1. The predicted molar refractivity (Wildman–Crippen MR) is 109 cm³/mol. The molecule has 0 atom stereocenters. The van der Waals surface area contributed by atoms with Gasteiger partial charge in [-0.05, 0) is 30.7 Å². The lowest BCUT2D eigenvalue weighted by molar-refractivity contribution is 0.340. The van der Waals surface area contributed by atoms with Crippen LogP contribution in [0.3, 0.4) is 0 Å². The molecule has 0 fully saturated rings. The van der Waals surface area contributed by atoms with Gasteiger partial charge in [0.2, 0.25) is 0 Å². The summed E-state index contributed by atoms with van der Waals surface area (Å²) in [6.45, 7) is 2.33. The summed E-state index contributed by atoms with van der Waals surface area (Å²) in [7, 11) is 0. The molecule has 2 aromatic carbocycles. The summed E-state index contributed by atoms with van der Waals surface area (Å²) in [5, 5.41) is 13.0. The summed E-state index contributed by atoms with van der Waals surface area (Å²) < 4.78 is 5.43. The smallest absolute Gasteiger partial charge is 0.156 e. The van der Waals surface area contributed by atoms with Gasteiger partial charge in [-0.3, -0.25) is 0 Å². The summed E-state index contributed by atoms with van der Waals surface area (Å²) in [5.74, 6) is 0.451. The average molecular weight is 401 g/mol. The van der Waals surface area contributed by atoms with E-state index < -0.39 is 0 Å². The minimum Gasteiger partial charge on any atom is -0.491 e. The fourth-order valence-electron chi connectivity index (χ4n) is 2.39. The molecule has 0 spiro atoms. The number of thiazole rings is 1. The Morgan fingerprint density at radius 3 is 2.54 bits per heavy atom. The second-order valence-electron chi connectivity index (χ2n) is 5.32. The zero-order valence-electron chi connectivity index (χ0n) is 13.9. The number of nitrogens with zero attached hydrogens (tertiary/aromatic N) is 2. The Kier molecular flexibility index (Phi) is 5.95. The number of halogens is 2. The third-order valence-electron chi connectivity index (χ3n) is 3.54. The Balaban J connectivity index is 1.95. The molecule has 0 amide bonds. The van der Waals surface area contributed by atoms with Crippen LogP contribution in [0.25, 0.3) is 22.9 Å². The van der Waals surface area contributed by atoms with E-state index >= 15 is 0 Å². The molecule has 0 aliphatic rings. The minimum absolute atomic E-state index is 0.409. The van der Waals surface area contributed by atoms with Gasteiger partial charge < -0.3 is 4.74 Å². The summed E-state index contributed by atoms with van der Waals surface area (Å²) in [5.41, 5.74) is 3.03. The summed E-state index contributed by atoms with van der Waals surface area (Å²) >= 11 is 13.9. The SMILES string of the molecule is CCOc1c(Cl)cc(/C=C(/C#N)c2nc(-c3ccccc3)cs2)cc1Cl. The molecule has 1 aromatic heterocycles. The van der Waals surface area contributed by atoms with Crippen molar-refractivity contribution in [2.24, 2.45) is 0 Å². The third-order valence-corrected chi connectivity index (χ3v) is 4.98. The maximum absolute atomic E-state index is 9.56. The van der Waals surface area contributed by atoms with Gasteiger partial charge in [0.15, 0.2) is 5.75 Å². The molecular weight excluding hydrogens is 387 g/mol. The topological polar surface area (TPSA) is 45.9 Å². The Bertz CT molecular complexity index is 968. The van der Waals surface area contributed by atoms with Gasteiger partial charge >= 0.3 is 0 Å². The number of benzene rings is 2. The molecule has 0 saturated heterocycles. The molecule has 130 valence electrons. The number of rotatable bonds is 5. The van der Waals surface area contributed by atoms with Gasteiger partial charge in [-0.25, -0.2) is 4.98 Å². The molecule has 0 aliphatic carbocycles. The molecule has 3 nitrogen and oxygen atoms in total. The quantitative estimate of drug-likeness (QED) is 0.454. The number of hydrogen-bond acceptors (Lipinski definition) is 4. The van der Waals surface area contributed by atoms with Crippen LogP contribution in [0, 0.1) is 11.3 Å². The Morgan fingerprint density at radius 1 is 1.23 bits per heavy atom. The molecule has 0 unspecified atom stereocenters. The van der Waals surface area contributed by atoms with E-state index in [4.69, 9.17) is 27.9 Å². The second-order valence-corrected chi connectivity index (χ2v) is 6.99. The lowest BCUT2D eigenvalue weighted by Crippen LogP contribution is -1.93. The predicted octanol–water partition coefficient (Wildman–Crippen LogP) is 6.58. The zero-order valence-corrected chi connectivity index (χ0v) is 16.2. The van der Waals surface area contributed by atoms with E-state index in [1.54, 1.807) is 18.2 Å². The molecule has 0 N–H and O–H groups in total. The Labute approximate surface area is 166 Å². The van der Waals surface area contributed by atoms with E-state index in [0.29, 0.717) is 33.0 Å². The van der Waals surface area contributed by atoms with Gasteiger partial charge in [-0.2, -0.15) is 5.26 Å². The average Bonchev–Trinajstić information content (AvgIpc) is 3.13. The van der Waals surface area contributed by atoms with Crippen molar-refractivity contribution >= 4 is 46.2 Å². The van der Waals surface area contributed by atoms with Crippen LogP contribution in [0.15, 0.2) is 47.8 Å². The van der Waals surface area contributed by atoms with Gasteiger partial charge in [-0.15, -0.1) is 11.3 Å². The highest BCUT2D eigenvalue weighted by Crippen LogP contribution is 2.35. The molecule has 1 heterocycles. The van der Waals surface area contributed by atoms with Crippen molar-refractivity contribution in [3.63, 3.8) is 0 Å². The van der Waals surface area contributed by atoms with Crippen LogP contribution < -0.4 is 4.74 Å². The van der Waals surface area contributed by atoms with Crippen molar-refractivity contribution in [2.75, 3.05) is 6.61 Å². The van der Waals surface area contributed by atoms with Crippen LogP contribution in [0.5, 0.6) is 5.75 Å². The molecule has 26 heavy (non-hydrogen) atoms. The minimum atomic E-state index is 0.409. The zero-order chi connectivity index (χ0) is 18.5. The fraction of sp³-hybridized carbons (Fsp3) is 0.100. The first-order chi connectivity index (χ1) is 12.6. The van der Waals surface area contributed by atoms with Crippen LogP contribution in [-0.2, 0) is 0 Å². The molecular formula is C20H14Cl2N2OS. The van der Waals surface area contributed by atoms with E-state index in [2.05, 4.69) is 11.1 Å². The van der Waals surface area contributed by atoms with Gasteiger partial charge in [-0.1, -0.05) is 53.5 Å². The monoisotopic (exact) mass is 400 g/mol. The lowest BCUT2D eigenvalue weighted by Gasteiger charge is -2.08. The van der Waals surface area contributed by atoms with E-state index in [0.717, 1.165) is 16.8 Å². The van der Waals surface area contributed by atoms with Crippen LogP contribution in [-0.4, -0.2) is 11.6 Å². The number of ether oxygens (including phenoxy) is 1. The second kappa shape index (κ2) is 8.37. The third kappa shape index (κ3) is 4.08. The molecule has 0 bridgehead atoms. The molecule has 3 aromatic rings. The number of nitriles is 1. The van der Waals surface area contributed by atoms with Crippen molar-refractivity contribution in [1.29, 1.82) is 5.26 Å². The molecule has 0 saturated carbocycles. The standard InChI is InChI=1S/C20H14Cl2N2OS/c1-2-25-19-16(21)9-13(10-17(19)22)8-15(11-23)20-24-18(12-26-20)14-6-4-3-5-7-14/h3-10,12H,2H2,1H3/b15-8-. The van der Waals surface area contributed by atoms with Crippen LogP contribution in [0.2, 0.25) is 10.0 Å². The molecule has 0 radical (unpaired) electrons. The molecule has 6 heteroatoms. The Morgan fingerprint density at radius 2 is 1.92 bits per heavy atom. The van der Waals surface area contributed by atoms with Crippen molar-refractivity contribution in [3.05, 3.63) is 68.5 Å². The largest absolute Gasteiger partial charge is 0.491 e. The highest BCUT2D eigenvalue weighted by atomic mass is 35.5. The fourth-order valence-corrected chi connectivity index (χ4v) is 3.80. The van der Waals surface area contributed by atoms with Crippen molar-refractivity contribution < 1.29 is 4.74 Å².